The maximum absolute atomic E-state index is 3.56. The van der Waals surface area contributed by atoms with Gasteiger partial charge in [0.2, 0.25) is 0 Å². The molecular formula is C16H30N2. The minimum Gasteiger partial charge on any atom is -0.317 e. The summed E-state index contributed by atoms with van der Waals surface area (Å²) in [5, 5.41) is 3.56. The van der Waals surface area contributed by atoms with Gasteiger partial charge in [-0.05, 0) is 70.0 Å². The summed E-state index contributed by atoms with van der Waals surface area (Å²) in [5.74, 6) is 2.00. The fraction of sp³-hybridized carbons (Fsp3) is 1.00. The van der Waals surface area contributed by atoms with Gasteiger partial charge in [-0.3, -0.25) is 4.90 Å². The Bertz CT molecular complexity index is 260. The van der Waals surface area contributed by atoms with E-state index >= 15 is 0 Å². The van der Waals surface area contributed by atoms with Crippen molar-refractivity contribution >= 4 is 0 Å². The average molecular weight is 250 g/mol. The summed E-state index contributed by atoms with van der Waals surface area (Å²) in [6.07, 6.45) is 11.9. The van der Waals surface area contributed by atoms with E-state index in [4.69, 9.17) is 0 Å². The van der Waals surface area contributed by atoms with Crippen LogP contribution in [-0.4, -0.2) is 36.6 Å². The van der Waals surface area contributed by atoms with Crippen LogP contribution in [-0.2, 0) is 0 Å². The Balaban J connectivity index is 1.57. The summed E-state index contributed by atoms with van der Waals surface area (Å²) >= 11 is 0. The Morgan fingerprint density at radius 1 is 0.944 bits per heavy atom. The predicted octanol–water partition coefficient (Wildman–Crippen LogP) is 3.03. The molecule has 0 radical (unpaired) electrons. The Morgan fingerprint density at radius 2 is 1.78 bits per heavy atom. The normalized spacial score (nSPS) is 38.2. The molecule has 1 aliphatic heterocycles. The lowest BCUT2D eigenvalue weighted by Crippen LogP contribution is -2.53. The van der Waals surface area contributed by atoms with E-state index < -0.39 is 0 Å². The highest BCUT2D eigenvalue weighted by Gasteiger charge is 2.42. The third-order valence-electron chi connectivity index (χ3n) is 5.75. The van der Waals surface area contributed by atoms with Crippen LogP contribution >= 0.6 is 0 Å². The van der Waals surface area contributed by atoms with Crippen molar-refractivity contribution in [2.75, 3.05) is 19.6 Å². The number of nitrogens with one attached hydrogen (secondary N) is 1. The first-order chi connectivity index (χ1) is 8.90. The minimum absolute atomic E-state index is 0.928. The van der Waals surface area contributed by atoms with Gasteiger partial charge in [0, 0.05) is 12.1 Å². The van der Waals surface area contributed by atoms with Crippen molar-refractivity contribution < 1.29 is 0 Å². The van der Waals surface area contributed by atoms with E-state index in [1.54, 1.807) is 0 Å². The van der Waals surface area contributed by atoms with Crippen LogP contribution in [0, 0.1) is 11.8 Å². The molecule has 0 aromatic carbocycles. The van der Waals surface area contributed by atoms with Crippen molar-refractivity contribution in [3.05, 3.63) is 0 Å². The quantitative estimate of drug-likeness (QED) is 0.807. The zero-order chi connectivity index (χ0) is 12.4. The van der Waals surface area contributed by atoms with Gasteiger partial charge >= 0.3 is 0 Å². The predicted molar refractivity (Wildman–Crippen MR) is 76.7 cm³/mol. The van der Waals surface area contributed by atoms with Crippen molar-refractivity contribution in [1.82, 2.24) is 10.2 Å². The van der Waals surface area contributed by atoms with E-state index in [1.165, 1.54) is 64.5 Å². The zero-order valence-corrected chi connectivity index (χ0v) is 12.0. The number of hydrogen-bond acceptors (Lipinski definition) is 2. The molecule has 1 saturated heterocycles. The van der Waals surface area contributed by atoms with Crippen LogP contribution in [0.2, 0.25) is 0 Å². The fourth-order valence-electron chi connectivity index (χ4n) is 4.63. The van der Waals surface area contributed by atoms with Crippen LogP contribution in [0.3, 0.4) is 0 Å². The number of hydrogen-bond donors (Lipinski definition) is 1. The van der Waals surface area contributed by atoms with Crippen molar-refractivity contribution in [3.63, 3.8) is 0 Å². The van der Waals surface area contributed by atoms with Crippen molar-refractivity contribution in [2.24, 2.45) is 11.8 Å². The molecule has 3 fully saturated rings. The fourth-order valence-corrected chi connectivity index (χ4v) is 4.63. The summed E-state index contributed by atoms with van der Waals surface area (Å²) in [4.78, 5) is 2.93. The summed E-state index contributed by atoms with van der Waals surface area (Å²) in [5.41, 5.74) is 0. The number of rotatable bonds is 5. The van der Waals surface area contributed by atoms with E-state index in [-0.39, 0.29) is 0 Å². The molecule has 0 aromatic rings. The Morgan fingerprint density at radius 3 is 2.44 bits per heavy atom. The molecule has 0 aromatic heterocycles. The van der Waals surface area contributed by atoms with Crippen LogP contribution in [0.15, 0.2) is 0 Å². The largest absolute Gasteiger partial charge is 0.317 e. The lowest BCUT2D eigenvalue weighted by atomic mass is 9.77. The molecule has 2 nitrogen and oxygen atoms in total. The van der Waals surface area contributed by atoms with Gasteiger partial charge in [-0.1, -0.05) is 19.8 Å². The molecule has 3 rings (SSSR count). The maximum Gasteiger partial charge on any atom is 0.0139 e. The van der Waals surface area contributed by atoms with E-state index in [9.17, 15) is 0 Å². The zero-order valence-electron chi connectivity index (χ0n) is 12.0. The van der Waals surface area contributed by atoms with Crippen molar-refractivity contribution in [1.29, 1.82) is 0 Å². The highest BCUT2D eigenvalue weighted by Crippen LogP contribution is 2.41. The van der Waals surface area contributed by atoms with Gasteiger partial charge in [0.05, 0.1) is 0 Å². The second-order valence-corrected chi connectivity index (χ2v) is 6.70. The second-order valence-electron chi connectivity index (χ2n) is 6.70. The van der Waals surface area contributed by atoms with Gasteiger partial charge < -0.3 is 5.32 Å². The molecule has 0 bridgehead atoms. The van der Waals surface area contributed by atoms with Gasteiger partial charge in [0.15, 0.2) is 0 Å². The van der Waals surface area contributed by atoms with E-state index in [2.05, 4.69) is 17.1 Å². The molecule has 3 unspecified atom stereocenters. The first-order valence-electron chi connectivity index (χ1n) is 8.36. The minimum atomic E-state index is 0.928. The van der Waals surface area contributed by atoms with Gasteiger partial charge in [0.25, 0.3) is 0 Å². The van der Waals surface area contributed by atoms with E-state index in [0.29, 0.717) is 0 Å². The van der Waals surface area contributed by atoms with Crippen LogP contribution in [0.5, 0.6) is 0 Å². The van der Waals surface area contributed by atoms with Gasteiger partial charge in [-0.25, -0.2) is 0 Å². The first-order valence-corrected chi connectivity index (χ1v) is 8.36. The molecular weight excluding hydrogens is 220 g/mol. The standard InChI is InChI=1S/C16H30N2/c1-2-17-12-14-9-10-16(14)18-11-5-8-15(18)13-6-3-4-7-13/h13-17H,2-12H2,1H3. The van der Waals surface area contributed by atoms with E-state index in [0.717, 1.165) is 30.5 Å². The molecule has 104 valence electrons. The molecule has 2 heteroatoms. The van der Waals surface area contributed by atoms with Crippen molar-refractivity contribution in [2.45, 2.75) is 70.4 Å². The molecule has 3 atom stereocenters. The lowest BCUT2D eigenvalue weighted by Gasteiger charge is -2.46. The average Bonchev–Trinajstić information content (AvgIpc) is 2.97. The van der Waals surface area contributed by atoms with Gasteiger partial charge in [-0.2, -0.15) is 0 Å². The molecule has 18 heavy (non-hydrogen) atoms. The number of nitrogens with zero attached hydrogens (tertiary/aromatic N) is 1. The molecule has 0 amide bonds. The lowest BCUT2D eigenvalue weighted by molar-refractivity contribution is 0.0332. The van der Waals surface area contributed by atoms with Crippen LogP contribution < -0.4 is 5.32 Å². The molecule has 2 saturated carbocycles. The summed E-state index contributed by atoms with van der Waals surface area (Å²) < 4.78 is 0. The first kappa shape index (κ1) is 12.9. The van der Waals surface area contributed by atoms with E-state index in [1.807, 2.05) is 0 Å². The SMILES string of the molecule is CCNCC1CCC1N1CCCC1C1CCCC1. The van der Waals surface area contributed by atoms with Crippen LogP contribution in [0.25, 0.3) is 0 Å². The summed E-state index contributed by atoms with van der Waals surface area (Å²) in [6.45, 7) is 6.02. The van der Waals surface area contributed by atoms with Crippen LogP contribution in [0.1, 0.15) is 58.3 Å². The Hall–Kier alpha value is -0.0800. The second kappa shape index (κ2) is 5.92. The summed E-state index contributed by atoms with van der Waals surface area (Å²) in [6, 6.07) is 1.89. The Kier molecular flexibility index (Phi) is 4.25. The molecule has 1 N–H and O–H groups in total. The molecule has 3 aliphatic rings. The van der Waals surface area contributed by atoms with Crippen molar-refractivity contribution in [3.8, 4) is 0 Å². The molecule has 1 heterocycles. The highest BCUT2D eigenvalue weighted by atomic mass is 15.2. The maximum atomic E-state index is 3.56. The Labute approximate surface area is 113 Å². The molecule has 2 aliphatic carbocycles. The highest BCUT2D eigenvalue weighted by molar-refractivity contribution is 4.97. The van der Waals surface area contributed by atoms with Crippen LogP contribution in [0.4, 0.5) is 0 Å². The number of likely N-dealkylation sites (tertiary alicyclic amines) is 1. The monoisotopic (exact) mass is 250 g/mol. The third kappa shape index (κ3) is 2.46. The topological polar surface area (TPSA) is 15.3 Å². The third-order valence-corrected chi connectivity index (χ3v) is 5.75. The van der Waals surface area contributed by atoms with Gasteiger partial charge in [-0.15, -0.1) is 0 Å². The smallest absolute Gasteiger partial charge is 0.0139 e. The van der Waals surface area contributed by atoms with Gasteiger partial charge in [0.1, 0.15) is 0 Å². The molecule has 0 spiro atoms. The summed E-state index contributed by atoms with van der Waals surface area (Å²) in [7, 11) is 0.